The zero-order valence-corrected chi connectivity index (χ0v) is 38.5. The van der Waals surface area contributed by atoms with Gasteiger partial charge in [0.2, 0.25) is 0 Å². The zero-order valence-electron chi connectivity index (χ0n) is 35.3. The molecule has 4 aromatic carbocycles. The number of nitrogens with one attached hydrogen (secondary N) is 4. The number of carbonyl (C=O) groups is 1. The summed E-state index contributed by atoms with van der Waals surface area (Å²) in [6.07, 6.45) is 3.52. The van der Waals surface area contributed by atoms with Crippen molar-refractivity contribution in [3.05, 3.63) is 119 Å². The molecule has 4 N–H and O–H groups in total. The number of sulfonamides is 1. The maximum absolute atomic E-state index is 14.1. The molecule has 1 aliphatic rings. The van der Waals surface area contributed by atoms with Gasteiger partial charge in [-0.3, -0.25) is 4.79 Å². The molecule has 0 aromatic heterocycles. The van der Waals surface area contributed by atoms with Crippen LogP contribution in [0.15, 0.2) is 117 Å². The van der Waals surface area contributed by atoms with Gasteiger partial charge in [0.25, 0.3) is 25.8 Å². The van der Waals surface area contributed by atoms with Crippen LogP contribution in [0, 0.1) is 5.41 Å². The first-order valence-electron chi connectivity index (χ1n) is 20.5. The van der Waals surface area contributed by atoms with Gasteiger partial charge in [-0.05, 0) is 122 Å². The molecule has 4 aromatic rings. The van der Waals surface area contributed by atoms with Gasteiger partial charge in [-0.25, -0.2) is 21.6 Å². The SMILES string of the molecule is CCN(CC)CC[C@H](CSc1ccccc1)Nc1ccc(S(=O)(=O)NC(=O)c2ccc(NCCNCC3=C(c4ccc(Cl)cc4)CC(C)(C)CC3)cc2)cc1S(=O)(=O)C(F)(F)F. The fourth-order valence-corrected chi connectivity index (χ4v) is 10.3. The Morgan fingerprint density at radius 3 is 2.23 bits per heavy atom. The first-order chi connectivity index (χ1) is 29.3. The highest BCUT2D eigenvalue weighted by Gasteiger charge is 2.48. The molecule has 0 aliphatic heterocycles. The third-order valence-corrected chi connectivity index (χ3v) is 15.1. The first-order valence-corrected chi connectivity index (χ1v) is 24.9. The van der Waals surface area contributed by atoms with Gasteiger partial charge in [-0.1, -0.05) is 75.2 Å². The van der Waals surface area contributed by atoms with E-state index in [0.717, 1.165) is 55.9 Å². The van der Waals surface area contributed by atoms with Crippen molar-refractivity contribution in [1.82, 2.24) is 14.9 Å². The van der Waals surface area contributed by atoms with E-state index in [4.69, 9.17) is 11.6 Å². The van der Waals surface area contributed by atoms with Crippen molar-refractivity contribution in [1.29, 1.82) is 0 Å². The molecule has 0 heterocycles. The van der Waals surface area contributed by atoms with Gasteiger partial charge in [0.1, 0.15) is 4.90 Å². The van der Waals surface area contributed by atoms with Gasteiger partial charge in [0.15, 0.2) is 0 Å². The van der Waals surface area contributed by atoms with Gasteiger partial charge in [-0.2, -0.15) is 13.2 Å². The van der Waals surface area contributed by atoms with E-state index >= 15 is 0 Å². The number of nitrogens with zero attached hydrogens (tertiary/aromatic N) is 1. The average Bonchev–Trinajstić information content (AvgIpc) is 3.23. The number of allylic oxidation sites excluding steroid dienone is 1. The maximum atomic E-state index is 14.1. The van der Waals surface area contributed by atoms with Gasteiger partial charge >= 0.3 is 5.51 Å². The Labute approximate surface area is 373 Å². The summed E-state index contributed by atoms with van der Waals surface area (Å²) in [6, 6.07) is 25.2. The van der Waals surface area contributed by atoms with Crippen LogP contribution >= 0.6 is 23.4 Å². The molecule has 17 heteroatoms. The lowest BCUT2D eigenvalue weighted by Crippen LogP contribution is -2.33. The Kier molecular flexibility index (Phi) is 17.0. The van der Waals surface area contributed by atoms with E-state index in [2.05, 4.69) is 46.8 Å². The highest BCUT2D eigenvalue weighted by Crippen LogP contribution is 2.43. The standard InChI is InChI=1S/C45H55ClF3N5O5S3/c1-5-54(6-2)27-23-37(31-60-38-10-8-7-9-11-38)52-41-21-20-39(28-42(41)61(56,57)45(47,48)49)62(58,59)53-43(55)33-14-18-36(19-15-33)51-26-25-50-30-34-22-24-44(3,4)29-40(34)32-12-16-35(46)17-13-32/h7-21,28,37,50-52H,5-6,22-27,29-31H2,1-4H3,(H,53,55)/t37-/m1/s1. The van der Waals surface area contributed by atoms with Gasteiger partial charge in [0, 0.05) is 59.1 Å². The highest BCUT2D eigenvalue weighted by atomic mass is 35.5. The number of benzene rings is 4. The Balaban J connectivity index is 1.24. The number of sulfone groups is 1. The molecular formula is C45H55ClF3N5O5S3. The minimum Gasteiger partial charge on any atom is -0.384 e. The summed E-state index contributed by atoms with van der Waals surface area (Å²) in [5.41, 5.74) is -1.40. The van der Waals surface area contributed by atoms with Crippen LogP contribution in [0.2, 0.25) is 5.02 Å². The van der Waals surface area contributed by atoms with Crippen molar-refractivity contribution in [3.63, 3.8) is 0 Å². The third-order valence-electron chi connectivity index (χ3n) is 10.8. The predicted octanol–water partition coefficient (Wildman–Crippen LogP) is 9.72. The summed E-state index contributed by atoms with van der Waals surface area (Å²) in [7, 11) is -10.9. The normalized spacial score (nSPS) is 15.0. The quantitative estimate of drug-likeness (QED) is 0.0473. The van der Waals surface area contributed by atoms with Crippen LogP contribution in [0.1, 0.15) is 69.3 Å². The number of hydrogen-bond acceptors (Lipinski definition) is 10. The minimum absolute atomic E-state index is 0.0347. The summed E-state index contributed by atoms with van der Waals surface area (Å²) in [5, 5.41) is 10.5. The number of carbonyl (C=O) groups excluding carboxylic acids is 1. The van der Waals surface area contributed by atoms with E-state index in [9.17, 15) is 34.8 Å². The van der Waals surface area contributed by atoms with Crippen LogP contribution in [0.5, 0.6) is 0 Å². The third kappa shape index (κ3) is 13.5. The Morgan fingerprint density at radius 1 is 0.903 bits per heavy atom. The number of thioether (sulfide) groups is 1. The van der Waals surface area contributed by atoms with Crippen LogP contribution in [-0.4, -0.2) is 84.2 Å². The van der Waals surface area contributed by atoms with Gasteiger partial charge in [-0.15, -0.1) is 11.8 Å². The van der Waals surface area contributed by atoms with Crippen LogP contribution in [0.3, 0.4) is 0 Å². The molecule has 1 atom stereocenters. The highest BCUT2D eigenvalue weighted by molar-refractivity contribution is 7.99. The minimum atomic E-state index is -6.04. The topological polar surface area (TPSA) is 137 Å². The second kappa shape index (κ2) is 21.5. The molecular weight excluding hydrogens is 879 g/mol. The van der Waals surface area contributed by atoms with Crippen molar-refractivity contribution < 1.29 is 34.8 Å². The molecule has 1 amide bonds. The van der Waals surface area contributed by atoms with Crippen molar-refractivity contribution in [2.45, 2.75) is 79.6 Å². The van der Waals surface area contributed by atoms with E-state index in [1.54, 1.807) is 12.1 Å². The smallest absolute Gasteiger partial charge is 0.384 e. The number of rotatable bonds is 21. The summed E-state index contributed by atoms with van der Waals surface area (Å²) in [6.45, 7) is 12.5. The fraction of sp³-hybridized carbons (Fsp3) is 0.400. The summed E-state index contributed by atoms with van der Waals surface area (Å²) in [5.74, 6) is -0.669. The molecule has 336 valence electrons. The number of anilines is 2. The Morgan fingerprint density at radius 2 is 1.58 bits per heavy atom. The summed E-state index contributed by atoms with van der Waals surface area (Å²) in [4.78, 5) is 14.1. The van der Waals surface area contributed by atoms with E-state index in [1.807, 2.05) is 61.0 Å². The van der Waals surface area contributed by atoms with E-state index < -0.39 is 52.8 Å². The Hall–Kier alpha value is -4.06. The molecule has 0 saturated carbocycles. The van der Waals surface area contributed by atoms with Gasteiger partial charge < -0.3 is 20.9 Å². The monoisotopic (exact) mass is 933 g/mol. The largest absolute Gasteiger partial charge is 0.501 e. The molecule has 1 aliphatic carbocycles. The van der Waals surface area contributed by atoms with Crippen LogP contribution < -0.4 is 20.7 Å². The molecule has 0 spiro atoms. The second-order valence-electron chi connectivity index (χ2n) is 15.9. The van der Waals surface area contributed by atoms with Crippen molar-refractivity contribution in [3.8, 4) is 0 Å². The molecule has 5 rings (SSSR count). The van der Waals surface area contributed by atoms with Crippen molar-refractivity contribution >= 4 is 66.1 Å². The molecule has 0 fully saturated rings. The van der Waals surface area contributed by atoms with E-state index in [0.29, 0.717) is 48.6 Å². The lowest BCUT2D eigenvalue weighted by atomic mass is 9.72. The second-order valence-corrected chi connectivity index (χ2v) is 21.1. The number of amides is 1. The molecule has 10 nitrogen and oxygen atoms in total. The fourth-order valence-electron chi connectivity index (χ4n) is 7.14. The van der Waals surface area contributed by atoms with Crippen LogP contribution in [-0.2, 0) is 19.9 Å². The van der Waals surface area contributed by atoms with Crippen LogP contribution in [0.25, 0.3) is 5.57 Å². The molecule has 62 heavy (non-hydrogen) atoms. The molecule has 0 unspecified atom stereocenters. The number of halogens is 4. The molecule has 0 radical (unpaired) electrons. The van der Waals surface area contributed by atoms with Crippen molar-refractivity contribution in [2.75, 3.05) is 55.7 Å². The molecule has 0 saturated heterocycles. The summed E-state index contributed by atoms with van der Waals surface area (Å²) >= 11 is 7.59. The van der Waals surface area contributed by atoms with E-state index in [-0.39, 0.29) is 11.0 Å². The lowest BCUT2D eigenvalue weighted by Gasteiger charge is -2.34. The number of hydrogen-bond donors (Lipinski definition) is 4. The molecule has 0 bridgehead atoms. The number of alkyl halides is 3. The van der Waals surface area contributed by atoms with Gasteiger partial charge in [0.05, 0.1) is 10.6 Å². The van der Waals surface area contributed by atoms with E-state index in [1.165, 1.54) is 40.6 Å². The predicted molar refractivity (Wildman–Crippen MR) is 245 cm³/mol. The van der Waals surface area contributed by atoms with Crippen LogP contribution in [0.4, 0.5) is 24.5 Å². The zero-order chi connectivity index (χ0) is 45.1. The van der Waals surface area contributed by atoms with Crippen molar-refractivity contribution in [2.24, 2.45) is 5.41 Å². The Bertz CT molecular complexity index is 2380. The summed E-state index contributed by atoms with van der Waals surface area (Å²) < 4.78 is 96.9. The maximum Gasteiger partial charge on any atom is 0.501 e. The average molecular weight is 935 g/mol. The first kappa shape index (κ1) is 49.0. The lowest BCUT2D eigenvalue weighted by molar-refractivity contribution is -0.0435.